The maximum atomic E-state index is 13.9. The first-order valence-electron chi connectivity index (χ1n) is 7.35. The zero-order valence-corrected chi connectivity index (χ0v) is 13.7. The van der Waals surface area contributed by atoms with Crippen molar-refractivity contribution in [1.29, 1.82) is 0 Å². The minimum Gasteiger partial charge on any atom is -0.378 e. The molecular formula is C16H23BrFNO. The molecular weight excluding hydrogens is 321 g/mol. The Kier molecular flexibility index (Phi) is 6.00. The van der Waals surface area contributed by atoms with Crippen molar-refractivity contribution in [3.05, 3.63) is 34.1 Å². The lowest BCUT2D eigenvalue weighted by Crippen LogP contribution is -2.38. The Morgan fingerprint density at radius 2 is 2.20 bits per heavy atom. The minimum absolute atomic E-state index is 0.125. The summed E-state index contributed by atoms with van der Waals surface area (Å²) in [7, 11) is 1.96. The van der Waals surface area contributed by atoms with E-state index in [1.54, 1.807) is 0 Å². The molecule has 1 N–H and O–H groups in total. The molecule has 1 saturated carbocycles. The van der Waals surface area contributed by atoms with Gasteiger partial charge in [-0.2, -0.15) is 0 Å². The van der Waals surface area contributed by atoms with E-state index in [0.29, 0.717) is 18.1 Å². The molecule has 0 aromatic heterocycles. The molecule has 1 aliphatic rings. The molecule has 2 rings (SSSR count). The van der Waals surface area contributed by atoms with Crippen molar-refractivity contribution in [2.45, 2.75) is 44.8 Å². The molecule has 1 aromatic carbocycles. The van der Waals surface area contributed by atoms with Gasteiger partial charge in [-0.1, -0.05) is 22.0 Å². The summed E-state index contributed by atoms with van der Waals surface area (Å²) >= 11 is 3.29. The van der Waals surface area contributed by atoms with E-state index < -0.39 is 0 Å². The van der Waals surface area contributed by atoms with Gasteiger partial charge in [-0.05, 0) is 63.3 Å². The highest BCUT2D eigenvalue weighted by molar-refractivity contribution is 9.10. The first kappa shape index (κ1) is 15.9. The number of hydrogen-bond acceptors (Lipinski definition) is 2. The maximum absolute atomic E-state index is 13.9. The highest BCUT2D eigenvalue weighted by Crippen LogP contribution is 2.34. The van der Waals surface area contributed by atoms with Crippen molar-refractivity contribution < 1.29 is 9.13 Å². The van der Waals surface area contributed by atoms with E-state index in [1.807, 2.05) is 26.1 Å². The summed E-state index contributed by atoms with van der Waals surface area (Å²) in [6.45, 7) is 2.84. The third-order valence-corrected chi connectivity index (χ3v) is 4.60. The number of nitrogens with one attached hydrogen (secondary N) is 1. The molecule has 20 heavy (non-hydrogen) atoms. The summed E-state index contributed by atoms with van der Waals surface area (Å²) < 4.78 is 20.2. The minimum atomic E-state index is -0.125. The van der Waals surface area contributed by atoms with Gasteiger partial charge in [0.25, 0.3) is 0 Å². The van der Waals surface area contributed by atoms with Crippen LogP contribution in [0.5, 0.6) is 0 Å². The predicted octanol–water partition coefficient (Wildman–Crippen LogP) is 3.92. The van der Waals surface area contributed by atoms with E-state index in [1.165, 1.54) is 6.07 Å². The van der Waals surface area contributed by atoms with Crippen LogP contribution in [0, 0.1) is 11.7 Å². The summed E-state index contributed by atoms with van der Waals surface area (Å²) in [5.74, 6) is 0.586. The highest BCUT2D eigenvalue weighted by atomic mass is 79.9. The van der Waals surface area contributed by atoms with Gasteiger partial charge in [0.15, 0.2) is 0 Å². The lowest BCUT2D eigenvalue weighted by molar-refractivity contribution is -0.0288. The van der Waals surface area contributed by atoms with Crippen LogP contribution in [0.15, 0.2) is 22.7 Å². The van der Waals surface area contributed by atoms with Gasteiger partial charge >= 0.3 is 0 Å². The van der Waals surface area contributed by atoms with Gasteiger partial charge in [0, 0.05) is 17.1 Å². The van der Waals surface area contributed by atoms with Crippen LogP contribution in [0.3, 0.4) is 0 Å². The SMILES string of the molecule is CCOC1CC(CC(Cc2ccc(Br)cc2F)NC)C1. The molecule has 112 valence electrons. The fourth-order valence-electron chi connectivity index (χ4n) is 2.90. The zero-order chi connectivity index (χ0) is 14.5. The molecule has 4 heteroatoms. The van der Waals surface area contributed by atoms with E-state index >= 15 is 0 Å². The molecule has 0 aliphatic heterocycles. The summed E-state index contributed by atoms with van der Waals surface area (Å²) in [6.07, 6.45) is 4.58. The zero-order valence-electron chi connectivity index (χ0n) is 12.2. The van der Waals surface area contributed by atoms with E-state index in [0.717, 1.165) is 42.3 Å². The monoisotopic (exact) mass is 343 g/mol. The molecule has 0 bridgehead atoms. The predicted molar refractivity (Wildman–Crippen MR) is 83.4 cm³/mol. The van der Waals surface area contributed by atoms with E-state index in [2.05, 4.69) is 21.2 Å². The molecule has 2 nitrogen and oxygen atoms in total. The number of benzene rings is 1. The van der Waals surface area contributed by atoms with Gasteiger partial charge in [0.2, 0.25) is 0 Å². The standard InChI is InChI=1S/C16H23BrFNO/c1-3-20-15-7-11(8-15)6-14(19-2)9-12-4-5-13(17)10-16(12)18/h4-5,10-11,14-15,19H,3,6-9H2,1-2H3. The van der Waals surface area contributed by atoms with Crippen molar-refractivity contribution in [2.75, 3.05) is 13.7 Å². The fourth-order valence-corrected chi connectivity index (χ4v) is 3.23. The Bertz CT molecular complexity index is 434. The van der Waals surface area contributed by atoms with Crippen LogP contribution in [-0.4, -0.2) is 25.8 Å². The van der Waals surface area contributed by atoms with Crippen molar-refractivity contribution in [1.82, 2.24) is 5.32 Å². The van der Waals surface area contributed by atoms with Crippen LogP contribution in [-0.2, 0) is 11.2 Å². The molecule has 0 saturated heterocycles. The van der Waals surface area contributed by atoms with Crippen LogP contribution in [0.1, 0.15) is 31.7 Å². The van der Waals surface area contributed by atoms with Crippen LogP contribution in [0.4, 0.5) is 4.39 Å². The Morgan fingerprint density at radius 1 is 1.45 bits per heavy atom. The van der Waals surface area contributed by atoms with E-state index in [4.69, 9.17) is 4.74 Å². The highest BCUT2D eigenvalue weighted by Gasteiger charge is 2.31. The second-order valence-electron chi connectivity index (χ2n) is 5.58. The van der Waals surface area contributed by atoms with Gasteiger partial charge in [-0.25, -0.2) is 4.39 Å². The summed E-state index contributed by atoms with van der Waals surface area (Å²) in [5, 5.41) is 3.32. The number of rotatable bonds is 7. The molecule has 1 fully saturated rings. The Balaban J connectivity index is 1.84. The third kappa shape index (κ3) is 4.27. The van der Waals surface area contributed by atoms with Crippen molar-refractivity contribution in [3.8, 4) is 0 Å². The van der Waals surface area contributed by atoms with Crippen LogP contribution < -0.4 is 5.32 Å². The number of hydrogen-bond donors (Lipinski definition) is 1. The average molecular weight is 344 g/mol. The smallest absolute Gasteiger partial charge is 0.127 e. The lowest BCUT2D eigenvalue weighted by Gasteiger charge is -2.37. The molecule has 1 atom stereocenters. The second kappa shape index (κ2) is 7.53. The molecule has 1 unspecified atom stereocenters. The number of halogens is 2. The second-order valence-corrected chi connectivity index (χ2v) is 6.49. The van der Waals surface area contributed by atoms with Gasteiger partial charge in [-0.15, -0.1) is 0 Å². The number of ether oxygens (including phenoxy) is 1. The van der Waals surface area contributed by atoms with Crippen molar-refractivity contribution in [2.24, 2.45) is 5.92 Å². The quantitative estimate of drug-likeness (QED) is 0.809. The molecule has 0 amide bonds. The average Bonchev–Trinajstić information content (AvgIpc) is 2.37. The summed E-state index contributed by atoms with van der Waals surface area (Å²) in [6, 6.07) is 5.64. The Labute approximate surface area is 129 Å². The third-order valence-electron chi connectivity index (χ3n) is 4.10. The topological polar surface area (TPSA) is 21.3 Å². The van der Waals surface area contributed by atoms with E-state index in [-0.39, 0.29) is 5.82 Å². The van der Waals surface area contributed by atoms with Crippen LogP contribution in [0.2, 0.25) is 0 Å². The first-order valence-corrected chi connectivity index (χ1v) is 8.14. The van der Waals surface area contributed by atoms with Gasteiger partial charge in [0.05, 0.1) is 6.10 Å². The van der Waals surface area contributed by atoms with Gasteiger partial charge < -0.3 is 10.1 Å². The molecule has 0 spiro atoms. The normalized spacial score (nSPS) is 23.4. The van der Waals surface area contributed by atoms with Crippen LogP contribution in [0.25, 0.3) is 0 Å². The van der Waals surface area contributed by atoms with Crippen molar-refractivity contribution in [3.63, 3.8) is 0 Å². The molecule has 1 aliphatic carbocycles. The summed E-state index contributed by atoms with van der Waals surface area (Å²) in [5.41, 5.74) is 0.785. The molecule has 0 heterocycles. The van der Waals surface area contributed by atoms with Crippen LogP contribution >= 0.6 is 15.9 Å². The van der Waals surface area contributed by atoms with Crippen molar-refractivity contribution >= 4 is 15.9 Å². The largest absolute Gasteiger partial charge is 0.378 e. The Hall–Kier alpha value is -0.450. The lowest BCUT2D eigenvalue weighted by atomic mass is 9.77. The van der Waals surface area contributed by atoms with Gasteiger partial charge in [0.1, 0.15) is 5.82 Å². The molecule has 0 radical (unpaired) electrons. The Morgan fingerprint density at radius 3 is 2.80 bits per heavy atom. The maximum Gasteiger partial charge on any atom is 0.127 e. The fraction of sp³-hybridized carbons (Fsp3) is 0.625. The summed E-state index contributed by atoms with van der Waals surface area (Å²) in [4.78, 5) is 0. The van der Waals surface area contributed by atoms with E-state index in [9.17, 15) is 4.39 Å². The van der Waals surface area contributed by atoms with Gasteiger partial charge in [-0.3, -0.25) is 0 Å². The first-order chi connectivity index (χ1) is 9.62. The molecule has 1 aromatic rings. The number of likely N-dealkylation sites (N-methyl/N-ethyl adjacent to an activating group) is 1.